The molecule has 1 N–H and O–H groups in total. The maximum Gasteiger partial charge on any atom is 0.118 e. The second-order valence-corrected chi connectivity index (χ2v) is 6.07. The van der Waals surface area contributed by atoms with Gasteiger partial charge in [0.15, 0.2) is 0 Å². The molecule has 0 atom stereocenters. The first-order valence-corrected chi connectivity index (χ1v) is 8.05. The standard InChI is InChI=1S/C16H30N4O/c1-4-17-13-15-5-6-16(21-15)14-20-11-9-19(10-12-20)8-7-18(2)3/h5-6,17H,4,7-14H2,1-3H3. The molecule has 0 unspecified atom stereocenters. The molecule has 0 bridgehead atoms. The Hall–Kier alpha value is -0.880. The third kappa shape index (κ3) is 5.79. The van der Waals surface area contributed by atoms with Crippen LogP contribution in [0.4, 0.5) is 0 Å². The molecule has 0 amide bonds. The Bertz CT molecular complexity index is 397. The highest BCUT2D eigenvalue weighted by Crippen LogP contribution is 2.12. The van der Waals surface area contributed by atoms with Crippen molar-refractivity contribution in [3.63, 3.8) is 0 Å². The Morgan fingerprint density at radius 3 is 2.43 bits per heavy atom. The van der Waals surface area contributed by atoms with Crippen LogP contribution < -0.4 is 5.32 Å². The van der Waals surface area contributed by atoms with Crippen LogP contribution in [0.2, 0.25) is 0 Å². The summed E-state index contributed by atoms with van der Waals surface area (Å²) in [6, 6.07) is 4.20. The zero-order valence-electron chi connectivity index (χ0n) is 13.8. The fourth-order valence-corrected chi connectivity index (χ4v) is 2.58. The lowest BCUT2D eigenvalue weighted by molar-refractivity contribution is 0.114. The molecule has 1 aromatic rings. The van der Waals surface area contributed by atoms with E-state index in [1.165, 1.54) is 19.6 Å². The molecule has 1 fully saturated rings. The number of piperazine rings is 1. The normalized spacial score (nSPS) is 17.7. The van der Waals surface area contributed by atoms with Crippen LogP contribution in [-0.4, -0.2) is 74.6 Å². The Kier molecular flexibility index (Phi) is 6.70. The molecule has 5 nitrogen and oxygen atoms in total. The van der Waals surface area contributed by atoms with Gasteiger partial charge in [0.25, 0.3) is 0 Å². The maximum atomic E-state index is 5.87. The fraction of sp³-hybridized carbons (Fsp3) is 0.750. The Balaban J connectivity index is 1.69. The summed E-state index contributed by atoms with van der Waals surface area (Å²) >= 11 is 0. The highest BCUT2D eigenvalue weighted by atomic mass is 16.3. The molecular formula is C16H30N4O. The van der Waals surface area contributed by atoms with E-state index in [2.05, 4.69) is 53.2 Å². The number of hydrogen-bond donors (Lipinski definition) is 1. The first-order valence-electron chi connectivity index (χ1n) is 8.05. The first kappa shape index (κ1) is 16.5. The van der Waals surface area contributed by atoms with E-state index in [9.17, 15) is 0 Å². The van der Waals surface area contributed by atoms with E-state index >= 15 is 0 Å². The summed E-state index contributed by atoms with van der Waals surface area (Å²) in [6.07, 6.45) is 0. The van der Waals surface area contributed by atoms with Gasteiger partial charge in [0.1, 0.15) is 11.5 Å². The largest absolute Gasteiger partial charge is 0.463 e. The van der Waals surface area contributed by atoms with Gasteiger partial charge in [-0.1, -0.05) is 6.92 Å². The molecule has 1 aromatic heterocycles. The molecule has 2 rings (SSSR count). The second-order valence-electron chi connectivity index (χ2n) is 6.07. The maximum absolute atomic E-state index is 5.87. The van der Waals surface area contributed by atoms with Gasteiger partial charge in [-0.25, -0.2) is 0 Å². The molecule has 1 aliphatic heterocycles. The van der Waals surface area contributed by atoms with E-state index in [4.69, 9.17) is 4.42 Å². The predicted molar refractivity (Wildman–Crippen MR) is 86.4 cm³/mol. The molecule has 120 valence electrons. The highest BCUT2D eigenvalue weighted by molar-refractivity contribution is 5.07. The van der Waals surface area contributed by atoms with Gasteiger partial charge < -0.3 is 14.6 Å². The van der Waals surface area contributed by atoms with Crippen molar-refractivity contribution < 1.29 is 4.42 Å². The van der Waals surface area contributed by atoms with Crippen LogP contribution in [-0.2, 0) is 13.1 Å². The lowest BCUT2D eigenvalue weighted by Gasteiger charge is -2.34. The molecule has 0 aromatic carbocycles. The van der Waals surface area contributed by atoms with Gasteiger partial charge in [0, 0.05) is 39.3 Å². The van der Waals surface area contributed by atoms with Crippen LogP contribution in [0.3, 0.4) is 0 Å². The summed E-state index contributed by atoms with van der Waals surface area (Å²) in [5.41, 5.74) is 0. The molecule has 0 radical (unpaired) electrons. The molecule has 5 heteroatoms. The Morgan fingerprint density at radius 2 is 1.76 bits per heavy atom. The van der Waals surface area contributed by atoms with Crippen molar-refractivity contribution in [2.45, 2.75) is 20.0 Å². The van der Waals surface area contributed by atoms with Gasteiger partial charge in [-0.2, -0.15) is 0 Å². The van der Waals surface area contributed by atoms with Crippen molar-refractivity contribution in [1.82, 2.24) is 20.0 Å². The molecule has 1 saturated heterocycles. The smallest absolute Gasteiger partial charge is 0.118 e. The number of nitrogens with one attached hydrogen (secondary N) is 1. The molecule has 2 heterocycles. The summed E-state index contributed by atoms with van der Waals surface area (Å²) in [5.74, 6) is 2.13. The van der Waals surface area contributed by atoms with Crippen LogP contribution in [0.25, 0.3) is 0 Å². The van der Waals surface area contributed by atoms with Gasteiger partial charge in [-0.15, -0.1) is 0 Å². The molecule has 0 spiro atoms. The van der Waals surface area contributed by atoms with Crippen LogP contribution >= 0.6 is 0 Å². The Labute approximate surface area is 128 Å². The van der Waals surface area contributed by atoms with Crippen LogP contribution in [0, 0.1) is 0 Å². The summed E-state index contributed by atoms with van der Waals surface area (Å²) in [7, 11) is 4.27. The topological polar surface area (TPSA) is 34.9 Å². The van der Waals surface area contributed by atoms with E-state index in [0.717, 1.165) is 50.8 Å². The SMILES string of the molecule is CCNCc1ccc(CN2CCN(CCN(C)C)CC2)o1. The Morgan fingerprint density at radius 1 is 1.10 bits per heavy atom. The van der Waals surface area contributed by atoms with Gasteiger partial charge in [0.2, 0.25) is 0 Å². The summed E-state index contributed by atoms with van der Waals surface area (Å²) in [6.45, 7) is 11.8. The van der Waals surface area contributed by atoms with E-state index in [-0.39, 0.29) is 0 Å². The van der Waals surface area contributed by atoms with Crippen molar-refractivity contribution in [2.75, 3.05) is 59.9 Å². The molecular weight excluding hydrogens is 264 g/mol. The number of nitrogens with zero attached hydrogens (tertiary/aromatic N) is 3. The zero-order chi connectivity index (χ0) is 15.1. The van der Waals surface area contributed by atoms with Crippen molar-refractivity contribution in [2.24, 2.45) is 0 Å². The van der Waals surface area contributed by atoms with Crippen molar-refractivity contribution in [3.05, 3.63) is 23.7 Å². The lowest BCUT2D eigenvalue weighted by Crippen LogP contribution is -2.47. The fourth-order valence-electron chi connectivity index (χ4n) is 2.58. The molecule has 0 aliphatic carbocycles. The average Bonchev–Trinajstić information content (AvgIpc) is 2.92. The third-order valence-electron chi connectivity index (χ3n) is 3.97. The molecule has 0 saturated carbocycles. The summed E-state index contributed by atoms with van der Waals surface area (Å²) in [5, 5.41) is 3.29. The minimum absolute atomic E-state index is 0.828. The minimum Gasteiger partial charge on any atom is -0.463 e. The zero-order valence-corrected chi connectivity index (χ0v) is 13.8. The summed E-state index contributed by atoms with van der Waals surface area (Å²) in [4.78, 5) is 7.29. The van der Waals surface area contributed by atoms with E-state index in [1.807, 2.05) is 0 Å². The van der Waals surface area contributed by atoms with Gasteiger partial charge in [-0.05, 0) is 32.8 Å². The molecule has 21 heavy (non-hydrogen) atoms. The monoisotopic (exact) mass is 294 g/mol. The second kappa shape index (κ2) is 8.54. The third-order valence-corrected chi connectivity index (χ3v) is 3.97. The highest BCUT2D eigenvalue weighted by Gasteiger charge is 2.17. The van der Waals surface area contributed by atoms with E-state index in [1.54, 1.807) is 0 Å². The van der Waals surface area contributed by atoms with Crippen LogP contribution in [0.1, 0.15) is 18.4 Å². The van der Waals surface area contributed by atoms with E-state index in [0.29, 0.717) is 0 Å². The van der Waals surface area contributed by atoms with Crippen LogP contribution in [0.15, 0.2) is 16.5 Å². The van der Waals surface area contributed by atoms with Crippen molar-refractivity contribution in [3.8, 4) is 0 Å². The van der Waals surface area contributed by atoms with Gasteiger partial charge >= 0.3 is 0 Å². The lowest BCUT2D eigenvalue weighted by atomic mass is 10.3. The molecule has 1 aliphatic rings. The minimum atomic E-state index is 0.828. The number of likely N-dealkylation sites (N-methyl/N-ethyl adjacent to an activating group) is 1. The first-order chi connectivity index (χ1) is 10.2. The predicted octanol–water partition coefficient (Wildman–Crippen LogP) is 1.07. The van der Waals surface area contributed by atoms with Crippen molar-refractivity contribution in [1.29, 1.82) is 0 Å². The number of hydrogen-bond acceptors (Lipinski definition) is 5. The number of rotatable bonds is 8. The van der Waals surface area contributed by atoms with E-state index < -0.39 is 0 Å². The number of furan rings is 1. The quantitative estimate of drug-likeness (QED) is 0.776. The van der Waals surface area contributed by atoms with Crippen LogP contribution in [0.5, 0.6) is 0 Å². The van der Waals surface area contributed by atoms with Gasteiger partial charge in [0.05, 0.1) is 13.1 Å². The summed E-state index contributed by atoms with van der Waals surface area (Å²) < 4.78 is 5.87. The van der Waals surface area contributed by atoms with Crippen molar-refractivity contribution >= 4 is 0 Å². The van der Waals surface area contributed by atoms with Gasteiger partial charge in [-0.3, -0.25) is 9.80 Å². The average molecular weight is 294 g/mol.